The van der Waals surface area contributed by atoms with E-state index in [4.69, 9.17) is 10.5 Å². The molecule has 1 fully saturated rings. The van der Waals surface area contributed by atoms with Gasteiger partial charge in [0.25, 0.3) is 0 Å². The molecule has 3 N–H and O–H groups in total. The van der Waals surface area contributed by atoms with Gasteiger partial charge in [-0.05, 0) is 24.3 Å². The van der Waals surface area contributed by atoms with Crippen molar-refractivity contribution in [2.75, 3.05) is 13.7 Å². The maximum atomic E-state index is 12.6. The first-order valence-electron chi connectivity index (χ1n) is 7.22. The number of esters is 1. The van der Waals surface area contributed by atoms with Gasteiger partial charge in [0.05, 0.1) is 25.0 Å². The van der Waals surface area contributed by atoms with Gasteiger partial charge in [0.1, 0.15) is 0 Å². The number of amides is 1. The van der Waals surface area contributed by atoms with Gasteiger partial charge in [0, 0.05) is 11.4 Å². The first-order chi connectivity index (χ1) is 10.1. The van der Waals surface area contributed by atoms with E-state index in [9.17, 15) is 9.59 Å². The van der Waals surface area contributed by atoms with Crippen LogP contribution in [0.4, 0.5) is 0 Å². The van der Waals surface area contributed by atoms with Crippen LogP contribution in [0.3, 0.4) is 0 Å². The molecule has 0 aliphatic heterocycles. The molecule has 116 valence electrons. The lowest BCUT2D eigenvalue weighted by Crippen LogP contribution is -2.45. The van der Waals surface area contributed by atoms with E-state index < -0.39 is 5.41 Å². The number of hydrogen-bond acceptors (Lipinski definition) is 5. The summed E-state index contributed by atoms with van der Waals surface area (Å²) in [6.45, 7) is 0.355. The molecule has 1 aliphatic rings. The molecule has 0 radical (unpaired) electrons. The molecule has 1 aromatic rings. The van der Waals surface area contributed by atoms with Crippen LogP contribution < -0.4 is 11.1 Å². The van der Waals surface area contributed by atoms with E-state index in [0.29, 0.717) is 6.54 Å². The minimum absolute atomic E-state index is 0.0372. The van der Waals surface area contributed by atoms with Crippen LogP contribution in [0.15, 0.2) is 17.5 Å². The zero-order valence-electron chi connectivity index (χ0n) is 12.3. The Labute approximate surface area is 128 Å². The molecule has 1 heterocycles. The number of nitrogens with two attached hydrogens (primary N) is 1. The molecule has 1 aromatic heterocycles. The van der Waals surface area contributed by atoms with Crippen LogP contribution in [0.2, 0.25) is 0 Å². The van der Waals surface area contributed by atoms with Gasteiger partial charge in [-0.3, -0.25) is 9.59 Å². The summed E-state index contributed by atoms with van der Waals surface area (Å²) in [4.78, 5) is 25.2. The summed E-state index contributed by atoms with van der Waals surface area (Å²) in [5, 5.41) is 4.94. The molecule has 21 heavy (non-hydrogen) atoms. The average Bonchev–Trinajstić information content (AvgIpc) is 3.17. The van der Waals surface area contributed by atoms with E-state index in [2.05, 4.69) is 5.32 Å². The van der Waals surface area contributed by atoms with Crippen molar-refractivity contribution in [3.8, 4) is 0 Å². The van der Waals surface area contributed by atoms with E-state index in [-0.39, 0.29) is 24.3 Å². The SMILES string of the molecule is COC(=O)CC(NC(=O)C1(CN)CCCC1)c1cccs1. The van der Waals surface area contributed by atoms with E-state index in [1.807, 2.05) is 17.5 Å². The molecule has 1 saturated carbocycles. The number of rotatable bonds is 6. The molecule has 0 bridgehead atoms. The Morgan fingerprint density at radius 1 is 1.48 bits per heavy atom. The van der Waals surface area contributed by atoms with Gasteiger partial charge < -0.3 is 15.8 Å². The predicted octanol–water partition coefficient (Wildman–Crippen LogP) is 1.99. The van der Waals surface area contributed by atoms with Crippen molar-refractivity contribution in [2.24, 2.45) is 11.1 Å². The normalized spacial score (nSPS) is 18.2. The Kier molecular flexibility index (Phi) is 5.36. The third kappa shape index (κ3) is 3.63. The van der Waals surface area contributed by atoms with Gasteiger partial charge in [-0.25, -0.2) is 0 Å². The summed E-state index contributed by atoms with van der Waals surface area (Å²) in [6.07, 6.45) is 3.86. The van der Waals surface area contributed by atoms with Crippen LogP contribution in [0.5, 0.6) is 0 Å². The minimum Gasteiger partial charge on any atom is -0.469 e. The molecule has 1 aliphatic carbocycles. The van der Waals surface area contributed by atoms with Crippen molar-refractivity contribution in [3.05, 3.63) is 22.4 Å². The van der Waals surface area contributed by atoms with E-state index in [0.717, 1.165) is 30.6 Å². The van der Waals surface area contributed by atoms with Crippen molar-refractivity contribution >= 4 is 23.2 Å². The standard InChI is InChI=1S/C15H22N2O3S/c1-20-13(18)9-11(12-5-4-8-21-12)17-14(19)15(10-16)6-2-3-7-15/h4-5,8,11H,2-3,6-7,9-10,16H2,1H3,(H,17,19). The van der Waals surface area contributed by atoms with Crippen LogP contribution in [0, 0.1) is 5.41 Å². The molecule has 0 saturated heterocycles. The molecular formula is C15H22N2O3S. The number of ether oxygens (including phenoxy) is 1. The van der Waals surface area contributed by atoms with E-state index >= 15 is 0 Å². The average molecular weight is 310 g/mol. The maximum Gasteiger partial charge on any atom is 0.307 e. The van der Waals surface area contributed by atoms with Crippen molar-refractivity contribution in [2.45, 2.75) is 38.1 Å². The van der Waals surface area contributed by atoms with Gasteiger partial charge in [0.2, 0.25) is 5.91 Å². The molecule has 1 unspecified atom stereocenters. The first kappa shape index (κ1) is 16.0. The predicted molar refractivity (Wildman–Crippen MR) is 81.8 cm³/mol. The topological polar surface area (TPSA) is 81.4 Å². The van der Waals surface area contributed by atoms with Crippen LogP contribution in [0.25, 0.3) is 0 Å². The number of carbonyl (C=O) groups excluding carboxylic acids is 2. The highest BCUT2D eigenvalue weighted by molar-refractivity contribution is 7.10. The van der Waals surface area contributed by atoms with E-state index in [1.54, 1.807) is 0 Å². The summed E-state index contributed by atoms with van der Waals surface area (Å²) in [6, 6.07) is 3.49. The maximum absolute atomic E-state index is 12.6. The summed E-state index contributed by atoms with van der Waals surface area (Å²) in [5.41, 5.74) is 5.38. The summed E-state index contributed by atoms with van der Waals surface area (Å²) in [5.74, 6) is -0.369. The Hall–Kier alpha value is -1.40. The fraction of sp³-hybridized carbons (Fsp3) is 0.600. The lowest BCUT2D eigenvalue weighted by Gasteiger charge is -2.28. The third-order valence-electron chi connectivity index (χ3n) is 4.22. The number of methoxy groups -OCH3 is 1. The summed E-state index contributed by atoms with van der Waals surface area (Å²) in [7, 11) is 1.36. The molecule has 0 spiro atoms. The van der Waals surface area contributed by atoms with Crippen molar-refractivity contribution in [1.82, 2.24) is 5.32 Å². The van der Waals surface area contributed by atoms with E-state index in [1.165, 1.54) is 18.4 Å². The largest absolute Gasteiger partial charge is 0.469 e. The van der Waals surface area contributed by atoms with Gasteiger partial charge in [0.15, 0.2) is 0 Å². The van der Waals surface area contributed by atoms with Crippen LogP contribution >= 0.6 is 11.3 Å². The van der Waals surface area contributed by atoms with Gasteiger partial charge in [-0.2, -0.15) is 0 Å². The van der Waals surface area contributed by atoms with Crippen molar-refractivity contribution in [3.63, 3.8) is 0 Å². The molecule has 0 aromatic carbocycles. The number of carbonyl (C=O) groups is 2. The third-order valence-corrected chi connectivity index (χ3v) is 5.21. The number of nitrogens with one attached hydrogen (secondary N) is 1. The lowest BCUT2D eigenvalue weighted by atomic mass is 9.85. The van der Waals surface area contributed by atoms with Crippen molar-refractivity contribution in [1.29, 1.82) is 0 Å². The molecule has 5 nitrogen and oxygen atoms in total. The number of hydrogen-bond donors (Lipinski definition) is 2. The van der Waals surface area contributed by atoms with Crippen molar-refractivity contribution < 1.29 is 14.3 Å². The quantitative estimate of drug-likeness (QED) is 0.787. The Bertz CT molecular complexity index is 481. The Morgan fingerprint density at radius 3 is 2.71 bits per heavy atom. The van der Waals surface area contributed by atoms with Gasteiger partial charge in [-0.1, -0.05) is 18.9 Å². The highest BCUT2D eigenvalue weighted by atomic mass is 32.1. The highest BCUT2D eigenvalue weighted by Crippen LogP contribution is 2.38. The monoisotopic (exact) mass is 310 g/mol. The smallest absolute Gasteiger partial charge is 0.307 e. The van der Waals surface area contributed by atoms with Gasteiger partial charge in [-0.15, -0.1) is 11.3 Å². The summed E-state index contributed by atoms with van der Waals surface area (Å²) < 4.78 is 4.73. The van der Waals surface area contributed by atoms with Gasteiger partial charge >= 0.3 is 5.97 Å². The molecule has 2 rings (SSSR count). The second-order valence-electron chi connectivity index (χ2n) is 5.51. The summed E-state index contributed by atoms with van der Waals surface area (Å²) >= 11 is 1.52. The lowest BCUT2D eigenvalue weighted by molar-refractivity contribution is -0.141. The molecule has 1 amide bonds. The number of thiophene rings is 1. The zero-order chi connectivity index (χ0) is 15.3. The van der Waals surface area contributed by atoms with Crippen LogP contribution in [0.1, 0.15) is 43.0 Å². The van der Waals surface area contributed by atoms with Crippen LogP contribution in [-0.2, 0) is 14.3 Å². The molecule has 6 heteroatoms. The molecule has 1 atom stereocenters. The molecular weight excluding hydrogens is 288 g/mol. The van der Waals surface area contributed by atoms with Crippen LogP contribution in [-0.4, -0.2) is 25.5 Å². The highest BCUT2D eigenvalue weighted by Gasteiger charge is 2.40. The fourth-order valence-electron chi connectivity index (χ4n) is 2.85. The second kappa shape index (κ2) is 7.04. The fourth-order valence-corrected chi connectivity index (χ4v) is 3.63. The minimum atomic E-state index is -0.467. The first-order valence-corrected chi connectivity index (χ1v) is 8.10. The second-order valence-corrected chi connectivity index (χ2v) is 6.49. The Morgan fingerprint density at radius 2 is 2.19 bits per heavy atom. The Balaban J connectivity index is 2.11. The zero-order valence-corrected chi connectivity index (χ0v) is 13.1.